The second kappa shape index (κ2) is 8.19. The lowest BCUT2D eigenvalue weighted by Gasteiger charge is -2.31. The molecule has 1 amide bonds. The Hall–Kier alpha value is -2.25. The van der Waals surface area contributed by atoms with E-state index < -0.39 is 21.8 Å². The van der Waals surface area contributed by atoms with E-state index in [-0.39, 0.29) is 17.3 Å². The zero-order valence-electron chi connectivity index (χ0n) is 15.2. The van der Waals surface area contributed by atoms with Crippen molar-refractivity contribution < 1.29 is 17.6 Å². The number of benzene rings is 2. The molecule has 1 heterocycles. The number of carbonyl (C=O) groups is 1. The van der Waals surface area contributed by atoms with Gasteiger partial charge in [0.25, 0.3) is 0 Å². The quantitative estimate of drug-likeness (QED) is 0.854. The zero-order valence-corrected chi connectivity index (χ0v) is 16.0. The third kappa shape index (κ3) is 4.54. The number of nitrogens with zero attached hydrogens (tertiary/aromatic N) is 1. The summed E-state index contributed by atoms with van der Waals surface area (Å²) in [5, 5.41) is 2.92. The maximum Gasteiger partial charge on any atom is 0.243 e. The largest absolute Gasteiger partial charge is 0.352 e. The van der Waals surface area contributed by atoms with Gasteiger partial charge < -0.3 is 5.32 Å². The summed E-state index contributed by atoms with van der Waals surface area (Å²) in [6.45, 7) is 2.91. The molecule has 3 rings (SSSR count). The lowest BCUT2D eigenvalue weighted by Crippen LogP contribution is -2.45. The van der Waals surface area contributed by atoms with E-state index in [9.17, 15) is 17.6 Å². The molecule has 0 aliphatic carbocycles. The van der Waals surface area contributed by atoms with Crippen molar-refractivity contribution in [1.29, 1.82) is 0 Å². The molecule has 1 atom stereocenters. The fourth-order valence-corrected chi connectivity index (χ4v) is 4.79. The van der Waals surface area contributed by atoms with Gasteiger partial charge in [-0.2, -0.15) is 4.31 Å². The van der Waals surface area contributed by atoms with E-state index in [0.29, 0.717) is 25.9 Å². The standard InChI is InChI=1S/C20H23FN2O3S/c1-15-5-2-3-6-16(15)13-22-20(24)17-7-4-12-23(14-17)27(25,26)19-10-8-18(21)9-11-19/h2-3,5-6,8-11,17H,4,7,12-14H2,1H3,(H,22,24)/t17-/m1/s1. The van der Waals surface area contributed by atoms with Crippen molar-refractivity contribution in [2.24, 2.45) is 5.92 Å². The second-order valence-corrected chi connectivity index (χ2v) is 8.74. The average molecular weight is 390 g/mol. The highest BCUT2D eigenvalue weighted by Crippen LogP contribution is 2.24. The summed E-state index contributed by atoms with van der Waals surface area (Å²) in [6.07, 6.45) is 1.26. The number of aryl methyl sites for hydroxylation is 1. The molecule has 1 saturated heterocycles. The first kappa shape index (κ1) is 19.5. The molecule has 7 heteroatoms. The van der Waals surface area contributed by atoms with E-state index in [4.69, 9.17) is 0 Å². The molecule has 0 aromatic heterocycles. The molecular formula is C20H23FN2O3S. The van der Waals surface area contributed by atoms with Gasteiger partial charge >= 0.3 is 0 Å². The number of piperidine rings is 1. The highest BCUT2D eigenvalue weighted by molar-refractivity contribution is 7.89. The smallest absolute Gasteiger partial charge is 0.243 e. The third-order valence-electron chi connectivity index (χ3n) is 4.92. The molecule has 27 heavy (non-hydrogen) atoms. The van der Waals surface area contributed by atoms with Crippen molar-refractivity contribution in [3.63, 3.8) is 0 Å². The van der Waals surface area contributed by atoms with Gasteiger partial charge in [0.15, 0.2) is 0 Å². The number of carbonyl (C=O) groups excluding carboxylic acids is 1. The predicted molar refractivity (Wildman–Crippen MR) is 101 cm³/mol. The fraction of sp³-hybridized carbons (Fsp3) is 0.350. The minimum Gasteiger partial charge on any atom is -0.352 e. The van der Waals surface area contributed by atoms with Gasteiger partial charge in [-0.05, 0) is 55.2 Å². The minimum absolute atomic E-state index is 0.0462. The molecule has 1 aliphatic heterocycles. The van der Waals surface area contributed by atoms with E-state index in [1.165, 1.54) is 16.4 Å². The molecular weight excluding hydrogens is 367 g/mol. The molecule has 1 aliphatic rings. The Kier molecular flexibility index (Phi) is 5.92. The molecule has 1 N–H and O–H groups in total. The number of halogens is 1. The molecule has 5 nitrogen and oxygen atoms in total. The van der Waals surface area contributed by atoms with Gasteiger partial charge in [-0.25, -0.2) is 12.8 Å². The monoisotopic (exact) mass is 390 g/mol. The van der Waals surface area contributed by atoms with Gasteiger partial charge in [-0.3, -0.25) is 4.79 Å². The summed E-state index contributed by atoms with van der Waals surface area (Å²) in [7, 11) is -3.73. The normalized spacial score (nSPS) is 18.2. The summed E-state index contributed by atoms with van der Waals surface area (Å²) in [6, 6.07) is 12.6. The Morgan fingerprint density at radius 3 is 2.59 bits per heavy atom. The Bertz CT molecular complexity index is 913. The number of sulfonamides is 1. The molecule has 0 bridgehead atoms. The first-order valence-electron chi connectivity index (χ1n) is 8.96. The van der Waals surface area contributed by atoms with E-state index in [1.807, 2.05) is 31.2 Å². The van der Waals surface area contributed by atoms with Crippen LogP contribution >= 0.6 is 0 Å². The third-order valence-corrected chi connectivity index (χ3v) is 6.80. The number of nitrogens with one attached hydrogen (secondary N) is 1. The van der Waals surface area contributed by atoms with Crippen molar-refractivity contribution in [3.8, 4) is 0 Å². The van der Waals surface area contributed by atoms with Crippen molar-refractivity contribution in [2.75, 3.05) is 13.1 Å². The molecule has 2 aromatic carbocycles. The molecule has 144 valence electrons. The fourth-order valence-electron chi connectivity index (χ4n) is 3.27. The number of hydrogen-bond donors (Lipinski definition) is 1. The molecule has 0 spiro atoms. The van der Waals surface area contributed by atoms with E-state index in [0.717, 1.165) is 23.3 Å². The highest BCUT2D eigenvalue weighted by Gasteiger charge is 2.33. The lowest BCUT2D eigenvalue weighted by molar-refractivity contribution is -0.126. The predicted octanol–water partition coefficient (Wildman–Crippen LogP) is 2.85. The lowest BCUT2D eigenvalue weighted by atomic mass is 9.98. The molecule has 0 saturated carbocycles. The van der Waals surface area contributed by atoms with Crippen LogP contribution in [0.25, 0.3) is 0 Å². The zero-order chi connectivity index (χ0) is 19.4. The maximum atomic E-state index is 13.1. The van der Waals surface area contributed by atoms with Crippen LogP contribution in [0.4, 0.5) is 4.39 Å². The van der Waals surface area contributed by atoms with Crippen LogP contribution in [-0.4, -0.2) is 31.7 Å². The Morgan fingerprint density at radius 1 is 1.19 bits per heavy atom. The van der Waals surface area contributed by atoms with Crippen LogP contribution in [0.15, 0.2) is 53.4 Å². The first-order chi connectivity index (χ1) is 12.9. The van der Waals surface area contributed by atoms with E-state index in [2.05, 4.69) is 5.32 Å². The summed E-state index contributed by atoms with van der Waals surface area (Å²) in [5.41, 5.74) is 2.14. The summed E-state index contributed by atoms with van der Waals surface area (Å²) in [5.74, 6) is -1.02. The molecule has 2 aromatic rings. The van der Waals surface area contributed by atoms with Crippen LogP contribution in [0, 0.1) is 18.7 Å². The molecule has 1 fully saturated rings. The van der Waals surface area contributed by atoms with E-state index >= 15 is 0 Å². The Balaban J connectivity index is 1.65. The van der Waals surface area contributed by atoms with Crippen LogP contribution in [-0.2, 0) is 21.4 Å². The van der Waals surface area contributed by atoms with Crippen LogP contribution in [0.5, 0.6) is 0 Å². The average Bonchev–Trinajstić information content (AvgIpc) is 2.67. The van der Waals surface area contributed by atoms with Crippen LogP contribution in [0.3, 0.4) is 0 Å². The van der Waals surface area contributed by atoms with Gasteiger partial charge in [0.1, 0.15) is 5.82 Å². The van der Waals surface area contributed by atoms with Gasteiger partial charge in [0, 0.05) is 19.6 Å². The topological polar surface area (TPSA) is 66.5 Å². The van der Waals surface area contributed by atoms with Gasteiger partial charge in [-0.1, -0.05) is 24.3 Å². The van der Waals surface area contributed by atoms with Crippen molar-refractivity contribution >= 4 is 15.9 Å². The van der Waals surface area contributed by atoms with Gasteiger partial charge in [0.2, 0.25) is 15.9 Å². The maximum absolute atomic E-state index is 13.1. The van der Waals surface area contributed by atoms with Crippen LogP contribution < -0.4 is 5.32 Å². The highest BCUT2D eigenvalue weighted by atomic mass is 32.2. The van der Waals surface area contributed by atoms with Crippen molar-refractivity contribution in [3.05, 3.63) is 65.5 Å². The number of amides is 1. The van der Waals surface area contributed by atoms with Crippen molar-refractivity contribution in [2.45, 2.75) is 31.2 Å². The van der Waals surface area contributed by atoms with Crippen LogP contribution in [0.2, 0.25) is 0 Å². The van der Waals surface area contributed by atoms with Gasteiger partial charge in [-0.15, -0.1) is 0 Å². The second-order valence-electron chi connectivity index (χ2n) is 6.80. The first-order valence-corrected chi connectivity index (χ1v) is 10.4. The summed E-state index contributed by atoms with van der Waals surface area (Å²) < 4.78 is 39.9. The Morgan fingerprint density at radius 2 is 1.89 bits per heavy atom. The summed E-state index contributed by atoms with van der Waals surface area (Å²) >= 11 is 0. The minimum atomic E-state index is -3.73. The SMILES string of the molecule is Cc1ccccc1CNC(=O)[C@@H]1CCCN(S(=O)(=O)c2ccc(F)cc2)C1. The van der Waals surface area contributed by atoms with Gasteiger partial charge in [0.05, 0.1) is 10.8 Å². The summed E-state index contributed by atoms with van der Waals surface area (Å²) in [4.78, 5) is 12.6. The van der Waals surface area contributed by atoms with Crippen molar-refractivity contribution in [1.82, 2.24) is 9.62 Å². The number of rotatable bonds is 5. The van der Waals surface area contributed by atoms with E-state index in [1.54, 1.807) is 0 Å². The Labute approximate surface area is 159 Å². The van der Waals surface area contributed by atoms with Crippen LogP contribution in [0.1, 0.15) is 24.0 Å². The number of hydrogen-bond acceptors (Lipinski definition) is 3. The molecule has 0 unspecified atom stereocenters. The molecule has 0 radical (unpaired) electrons.